The molecule has 0 unspecified atom stereocenters. The lowest BCUT2D eigenvalue weighted by molar-refractivity contribution is -0.114. The van der Waals surface area contributed by atoms with Crippen molar-refractivity contribution in [1.82, 2.24) is 0 Å². The van der Waals surface area contributed by atoms with E-state index in [0.29, 0.717) is 22.5 Å². The van der Waals surface area contributed by atoms with E-state index in [9.17, 15) is 13.2 Å². The third kappa shape index (κ3) is 4.82. The number of rotatable bonds is 6. The highest BCUT2D eigenvalue weighted by Gasteiger charge is 2.32. The molecule has 1 aliphatic heterocycles. The zero-order valence-corrected chi connectivity index (χ0v) is 20.2. The van der Waals surface area contributed by atoms with Crippen LogP contribution in [0.3, 0.4) is 0 Å². The van der Waals surface area contributed by atoms with Gasteiger partial charge in [-0.15, -0.1) is 0 Å². The Morgan fingerprint density at radius 2 is 1.47 bits per heavy atom. The Balaban J connectivity index is 1.50. The fraction of sp³-hybridized carbons (Fsp3) is 0.0345. The highest BCUT2D eigenvalue weighted by Crippen LogP contribution is 2.29. The third-order valence-electron chi connectivity index (χ3n) is 5.61. The van der Waals surface area contributed by atoms with E-state index in [0.717, 1.165) is 11.1 Å². The first-order valence-electron chi connectivity index (χ1n) is 11.3. The van der Waals surface area contributed by atoms with Gasteiger partial charge in [0.15, 0.2) is 0 Å². The molecular formula is C29H22N2O4S. The predicted octanol–water partition coefficient (Wildman–Crippen LogP) is 5.60. The van der Waals surface area contributed by atoms with Crippen LogP contribution in [-0.2, 0) is 14.9 Å². The SMILES string of the molecule is Cc1ccc(S(=O)(=O)Oc2cccc(/C=C3/C(=O)N(c4ccccc4)N=C3c3ccccc3)c2)cc1. The molecule has 5 rings (SSSR count). The van der Waals surface area contributed by atoms with E-state index in [1.165, 1.54) is 17.1 Å². The van der Waals surface area contributed by atoms with Gasteiger partial charge in [-0.1, -0.05) is 78.4 Å². The molecule has 4 aromatic carbocycles. The molecule has 4 aromatic rings. The number of amides is 1. The lowest BCUT2D eigenvalue weighted by Crippen LogP contribution is -2.21. The molecule has 1 amide bonds. The van der Waals surface area contributed by atoms with E-state index < -0.39 is 10.1 Å². The molecule has 36 heavy (non-hydrogen) atoms. The van der Waals surface area contributed by atoms with Crippen LogP contribution < -0.4 is 9.19 Å². The van der Waals surface area contributed by atoms with E-state index in [1.54, 1.807) is 42.5 Å². The maximum atomic E-state index is 13.4. The first kappa shape index (κ1) is 23.3. The van der Waals surface area contributed by atoms with Gasteiger partial charge in [0.1, 0.15) is 16.4 Å². The summed E-state index contributed by atoms with van der Waals surface area (Å²) in [6.07, 6.45) is 1.70. The number of carbonyl (C=O) groups is 1. The van der Waals surface area contributed by atoms with Gasteiger partial charge < -0.3 is 4.18 Å². The fourth-order valence-electron chi connectivity index (χ4n) is 3.80. The number of benzene rings is 4. The monoisotopic (exact) mass is 494 g/mol. The number of hydrogen-bond acceptors (Lipinski definition) is 5. The van der Waals surface area contributed by atoms with Crippen molar-refractivity contribution in [2.24, 2.45) is 5.10 Å². The number of nitrogens with zero attached hydrogens (tertiary/aromatic N) is 2. The average Bonchev–Trinajstić information content (AvgIpc) is 3.21. The molecule has 1 heterocycles. The van der Waals surface area contributed by atoms with Crippen molar-refractivity contribution in [1.29, 1.82) is 0 Å². The van der Waals surface area contributed by atoms with E-state index in [4.69, 9.17) is 4.18 Å². The molecule has 1 aliphatic rings. The van der Waals surface area contributed by atoms with Crippen molar-refractivity contribution in [2.75, 3.05) is 5.01 Å². The van der Waals surface area contributed by atoms with Crippen molar-refractivity contribution < 1.29 is 17.4 Å². The van der Waals surface area contributed by atoms with Gasteiger partial charge in [0, 0.05) is 5.56 Å². The standard InChI is InChI=1S/C29H22N2O4S/c1-21-15-17-26(18-16-21)36(33,34)35-25-14-8-9-22(19-25)20-27-28(23-10-4-2-5-11-23)30-31(29(27)32)24-12-6-3-7-13-24/h2-20H,1H3/b27-20+. The molecule has 0 N–H and O–H groups in total. The molecular weight excluding hydrogens is 472 g/mol. The summed E-state index contributed by atoms with van der Waals surface area (Å²) in [6, 6.07) is 31.7. The minimum atomic E-state index is -4.00. The summed E-state index contributed by atoms with van der Waals surface area (Å²) < 4.78 is 30.9. The molecule has 0 bridgehead atoms. The van der Waals surface area contributed by atoms with Crippen LogP contribution in [0.15, 0.2) is 125 Å². The Bertz CT molecular complexity index is 1580. The maximum absolute atomic E-state index is 13.4. The summed E-state index contributed by atoms with van der Waals surface area (Å²) >= 11 is 0. The second-order valence-electron chi connectivity index (χ2n) is 8.25. The second kappa shape index (κ2) is 9.64. The normalized spacial score (nSPS) is 14.7. The van der Waals surface area contributed by atoms with Crippen LogP contribution in [0.2, 0.25) is 0 Å². The zero-order valence-electron chi connectivity index (χ0n) is 19.4. The molecule has 0 aliphatic carbocycles. The van der Waals surface area contributed by atoms with E-state index in [-0.39, 0.29) is 16.6 Å². The van der Waals surface area contributed by atoms with Gasteiger partial charge in [0.25, 0.3) is 5.91 Å². The van der Waals surface area contributed by atoms with Crippen molar-refractivity contribution in [3.63, 3.8) is 0 Å². The Morgan fingerprint density at radius 3 is 2.17 bits per heavy atom. The molecule has 0 saturated carbocycles. The molecule has 7 heteroatoms. The Hall–Kier alpha value is -4.49. The summed E-state index contributed by atoms with van der Waals surface area (Å²) in [4.78, 5) is 13.5. The van der Waals surface area contributed by atoms with E-state index in [1.807, 2.05) is 67.6 Å². The highest BCUT2D eigenvalue weighted by molar-refractivity contribution is 7.87. The highest BCUT2D eigenvalue weighted by atomic mass is 32.2. The third-order valence-corrected chi connectivity index (χ3v) is 6.87. The molecule has 0 saturated heterocycles. The molecule has 6 nitrogen and oxygen atoms in total. The Kier molecular flexibility index (Phi) is 6.23. The quantitative estimate of drug-likeness (QED) is 0.258. The van der Waals surface area contributed by atoms with Gasteiger partial charge in [-0.2, -0.15) is 18.5 Å². The second-order valence-corrected chi connectivity index (χ2v) is 9.79. The van der Waals surface area contributed by atoms with Crippen molar-refractivity contribution >= 4 is 33.5 Å². The number of carbonyl (C=O) groups excluding carboxylic acids is 1. The zero-order chi connectivity index (χ0) is 25.1. The smallest absolute Gasteiger partial charge is 0.339 e. The summed E-state index contributed by atoms with van der Waals surface area (Å²) in [6.45, 7) is 1.88. The van der Waals surface area contributed by atoms with Crippen molar-refractivity contribution in [3.05, 3.63) is 131 Å². The average molecular weight is 495 g/mol. The number of para-hydroxylation sites is 1. The van der Waals surface area contributed by atoms with E-state index in [2.05, 4.69) is 5.10 Å². The van der Waals surface area contributed by atoms with Crippen molar-refractivity contribution in [3.8, 4) is 5.75 Å². The number of aryl methyl sites for hydroxylation is 1. The van der Waals surface area contributed by atoms with Crippen LogP contribution in [0, 0.1) is 6.92 Å². The fourth-order valence-corrected chi connectivity index (χ4v) is 4.72. The lowest BCUT2D eigenvalue weighted by Gasteiger charge is -2.11. The van der Waals surface area contributed by atoms with E-state index >= 15 is 0 Å². The van der Waals surface area contributed by atoms with Gasteiger partial charge in [0.05, 0.1) is 11.3 Å². The summed E-state index contributed by atoms with van der Waals surface area (Å²) in [5, 5.41) is 5.99. The minimum absolute atomic E-state index is 0.0693. The van der Waals surface area contributed by atoms with Crippen molar-refractivity contribution in [2.45, 2.75) is 11.8 Å². The molecule has 178 valence electrons. The minimum Gasteiger partial charge on any atom is -0.379 e. The van der Waals surface area contributed by atoms with Crippen LogP contribution in [0.4, 0.5) is 5.69 Å². The van der Waals surface area contributed by atoms with Crippen LogP contribution in [0.5, 0.6) is 5.75 Å². The summed E-state index contributed by atoms with van der Waals surface area (Å²) in [7, 11) is -4.00. The van der Waals surface area contributed by atoms with Crippen LogP contribution in [0.1, 0.15) is 16.7 Å². The molecule has 0 radical (unpaired) electrons. The Morgan fingerprint density at radius 1 is 0.806 bits per heavy atom. The molecule has 0 atom stereocenters. The van der Waals surface area contributed by atoms with Gasteiger partial charge in [-0.25, -0.2) is 0 Å². The largest absolute Gasteiger partial charge is 0.379 e. The molecule has 0 aromatic heterocycles. The molecule has 0 fully saturated rings. The van der Waals surface area contributed by atoms with Gasteiger partial charge in [0.2, 0.25) is 0 Å². The van der Waals surface area contributed by atoms with Crippen LogP contribution in [-0.4, -0.2) is 20.0 Å². The van der Waals surface area contributed by atoms with Crippen LogP contribution >= 0.6 is 0 Å². The summed E-state index contributed by atoms with van der Waals surface area (Å²) in [5.74, 6) is -0.132. The van der Waals surface area contributed by atoms with Gasteiger partial charge >= 0.3 is 10.1 Å². The van der Waals surface area contributed by atoms with Gasteiger partial charge in [-0.05, 0) is 55.0 Å². The number of hydrazone groups is 1. The number of anilines is 1. The summed E-state index contributed by atoms with van der Waals surface area (Å²) in [5.41, 5.74) is 3.93. The predicted molar refractivity (Wildman–Crippen MR) is 140 cm³/mol. The maximum Gasteiger partial charge on any atom is 0.339 e. The lowest BCUT2D eigenvalue weighted by atomic mass is 10.0. The Labute approximate surface area is 209 Å². The molecule has 0 spiro atoms. The first-order chi connectivity index (χ1) is 17.4. The van der Waals surface area contributed by atoms with Gasteiger partial charge in [-0.3, -0.25) is 4.79 Å². The first-order valence-corrected chi connectivity index (χ1v) is 12.7. The number of hydrogen-bond donors (Lipinski definition) is 0. The topological polar surface area (TPSA) is 76.0 Å². The van der Waals surface area contributed by atoms with Crippen LogP contribution in [0.25, 0.3) is 6.08 Å².